The number of Topliss-reactive ketones (excluding diaryl/α,β-unsaturated/α-hetero) is 1. The molecule has 2 spiro atoms. The molecule has 8 aliphatic rings. The minimum Gasteiger partial charge on any atom is -0.458 e. The van der Waals surface area contributed by atoms with Crippen molar-refractivity contribution in [2.24, 2.45) is 28.6 Å². The quantitative estimate of drug-likeness (QED) is 0.0763. The van der Waals surface area contributed by atoms with Gasteiger partial charge in [0.15, 0.2) is 18.9 Å². The van der Waals surface area contributed by atoms with Crippen molar-refractivity contribution in [2.75, 3.05) is 20.8 Å². The normalized spacial score (nSPS) is 51.7. The molecule has 0 aromatic carbocycles. The lowest BCUT2D eigenvalue weighted by molar-refractivity contribution is -0.371. The molecule has 4 heterocycles. The average Bonchev–Trinajstić information content (AvgIpc) is 3.84. The fraction of sp³-hybridized carbons (Fsp3) is 0.896. The van der Waals surface area contributed by atoms with Crippen molar-refractivity contribution in [3.8, 4) is 0 Å². The summed E-state index contributed by atoms with van der Waals surface area (Å²) in [7, 11) is 2.94. The molecule has 19 heteroatoms. The highest BCUT2D eigenvalue weighted by molar-refractivity contribution is 5.88. The van der Waals surface area contributed by atoms with Gasteiger partial charge in [-0.15, -0.1) is 0 Å². The van der Waals surface area contributed by atoms with Gasteiger partial charge in [-0.2, -0.15) is 0 Å². The molecule has 5 N–H and O–H groups in total. The lowest BCUT2D eigenvalue weighted by Gasteiger charge is -2.61. The van der Waals surface area contributed by atoms with Crippen molar-refractivity contribution in [1.29, 1.82) is 0 Å². The summed E-state index contributed by atoms with van der Waals surface area (Å²) >= 11 is 0. The molecule has 1 unspecified atom stereocenters. The number of rotatable bonds is 13. The number of ketones is 1. The van der Waals surface area contributed by atoms with Gasteiger partial charge in [0.05, 0.1) is 31.0 Å². The van der Waals surface area contributed by atoms with Gasteiger partial charge in [-0.05, 0) is 90.9 Å². The van der Waals surface area contributed by atoms with E-state index in [-0.39, 0.29) is 23.7 Å². The van der Waals surface area contributed by atoms with Crippen LogP contribution in [0.25, 0.3) is 0 Å². The van der Waals surface area contributed by atoms with E-state index in [1.807, 2.05) is 13.8 Å². The Morgan fingerprint density at radius 1 is 0.731 bits per heavy atom. The lowest BCUT2D eigenvalue weighted by atomic mass is 9.43. The number of carbonyl (C=O) groups excluding carboxylic acids is 3. The summed E-state index contributed by atoms with van der Waals surface area (Å²) in [6.45, 7) is 13.5. The number of fused-ring (bicyclic) bond motifs is 2. The lowest BCUT2D eigenvalue weighted by Crippen LogP contribution is -2.70. The van der Waals surface area contributed by atoms with E-state index in [1.165, 1.54) is 14.0 Å². The van der Waals surface area contributed by atoms with E-state index in [1.54, 1.807) is 40.9 Å². The van der Waals surface area contributed by atoms with Crippen molar-refractivity contribution in [3.05, 3.63) is 11.6 Å². The second kappa shape index (κ2) is 19.1. The number of allylic oxidation sites excluding steroid dienone is 1. The first-order valence-electron chi connectivity index (χ1n) is 24.2. The predicted molar refractivity (Wildman–Crippen MR) is 230 cm³/mol. The van der Waals surface area contributed by atoms with Gasteiger partial charge in [0.25, 0.3) is 0 Å². The Kier molecular flexibility index (Phi) is 14.6. The van der Waals surface area contributed by atoms with E-state index in [0.717, 1.165) is 6.42 Å². The predicted octanol–water partition coefficient (Wildman–Crippen LogP) is 1.77. The summed E-state index contributed by atoms with van der Waals surface area (Å²) < 4.78 is 68.9. The standard InChI is InChI=1S/C48H74O19/c1-11-21(2)42(56)64-39-40-45(7)15-13-27(18-26(45)12-16-47(40)48(67-47)17-14-28(22(3)50)46(48,8)41(39)61-25(6)51)62-31-19-29(57-9)36(23(4)59-31)65-44-35(55)38(58-10)37(24(5)60-44)66-43-34(54)33(53)32(52)30(20-49)63-43/h11,23-24,26-41,43-44,49,52-55H,12-20H2,1-10H3/b21-11+/t23-,24-,26+,27+,28+,29+,30-,31+,32-,33-,34-,35-,36-,37-,38+,39+,40?,41-,43+,44-,45+,46+,47+,48-/m1/s1. The van der Waals surface area contributed by atoms with Gasteiger partial charge < -0.3 is 77.6 Å². The highest BCUT2D eigenvalue weighted by Gasteiger charge is 2.91. The highest BCUT2D eigenvalue weighted by Crippen LogP contribution is 2.81. The first-order valence-corrected chi connectivity index (χ1v) is 24.2. The zero-order valence-electron chi connectivity index (χ0n) is 40.4. The van der Waals surface area contributed by atoms with Gasteiger partial charge in [-0.25, -0.2) is 4.79 Å². The Morgan fingerprint density at radius 3 is 2.06 bits per heavy atom. The van der Waals surface area contributed by atoms with Crippen LogP contribution in [0.4, 0.5) is 0 Å². The second-order valence-corrected chi connectivity index (χ2v) is 21.0. The molecular weight excluding hydrogens is 881 g/mol. The maximum absolute atomic E-state index is 13.8. The summed E-state index contributed by atoms with van der Waals surface area (Å²) in [5.41, 5.74) is -2.23. The van der Waals surface area contributed by atoms with Crippen LogP contribution in [0, 0.1) is 28.6 Å². The van der Waals surface area contributed by atoms with Crippen LogP contribution in [0.3, 0.4) is 0 Å². The van der Waals surface area contributed by atoms with Crippen molar-refractivity contribution >= 4 is 17.7 Å². The molecule has 19 nitrogen and oxygen atoms in total. The number of aliphatic hydroxyl groups is 5. The SMILES string of the molecule is C/C=C(\C)C(=O)O[C@H]1C2[C@]3(CC[C@H]4C[C@@H](O[C@H]5C[C@H](OC)[C@H](O[C@H]6O[C@H](C)[C@@H](O[C@@H]7O[C@H](CO)[C@@H](O)[C@@H](O)[C@H]7O)[C@@H](OC)[C@H]6O)[C@@H](C)O5)CC[C@]24C)O[C@@]32CC[C@@H](C(C)=O)[C@@]2(C)[C@@H]1OC(C)=O. The van der Waals surface area contributed by atoms with Gasteiger partial charge in [0, 0.05) is 50.4 Å². The fourth-order valence-corrected chi connectivity index (χ4v) is 14.1. The van der Waals surface area contributed by atoms with E-state index >= 15 is 0 Å². The van der Waals surface area contributed by atoms with Crippen LogP contribution in [0.5, 0.6) is 0 Å². The van der Waals surface area contributed by atoms with Crippen LogP contribution in [0.15, 0.2) is 11.6 Å². The largest absolute Gasteiger partial charge is 0.458 e. The van der Waals surface area contributed by atoms with Crippen LogP contribution in [-0.2, 0) is 66.5 Å². The van der Waals surface area contributed by atoms with Crippen molar-refractivity contribution in [2.45, 2.75) is 222 Å². The number of carbonyl (C=O) groups is 3. The molecule has 4 aliphatic carbocycles. The molecule has 0 aromatic rings. The van der Waals surface area contributed by atoms with Crippen LogP contribution in [0.2, 0.25) is 0 Å². The Hall–Kier alpha value is -2.21. The van der Waals surface area contributed by atoms with E-state index in [9.17, 15) is 39.9 Å². The number of epoxide rings is 1. The third-order valence-corrected chi connectivity index (χ3v) is 17.7. The Balaban J connectivity index is 0.945. The molecule has 0 amide bonds. The van der Waals surface area contributed by atoms with Gasteiger partial charge in [0.2, 0.25) is 0 Å². The maximum atomic E-state index is 13.8. The summed E-state index contributed by atoms with van der Waals surface area (Å²) in [5, 5.41) is 52.3. The van der Waals surface area contributed by atoms with E-state index in [4.69, 9.17) is 52.1 Å². The smallest absolute Gasteiger partial charge is 0.333 e. The molecule has 0 bridgehead atoms. The molecule has 0 aromatic heterocycles. The van der Waals surface area contributed by atoms with E-state index in [0.29, 0.717) is 50.5 Å². The molecule has 24 atom stereocenters. The average molecular weight is 955 g/mol. The number of aliphatic hydroxyl groups excluding tert-OH is 5. The van der Waals surface area contributed by atoms with Gasteiger partial charge in [0.1, 0.15) is 78.0 Å². The number of hydrogen-bond donors (Lipinski definition) is 5. The van der Waals surface area contributed by atoms with E-state index in [2.05, 4.69) is 6.92 Å². The third kappa shape index (κ3) is 8.25. The summed E-state index contributed by atoms with van der Waals surface area (Å²) in [6.07, 6.45) is -10.6. The van der Waals surface area contributed by atoms with Crippen LogP contribution in [-0.4, -0.2) is 180 Å². The molecule has 0 radical (unpaired) electrons. The third-order valence-electron chi connectivity index (χ3n) is 17.7. The molecule has 67 heavy (non-hydrogen) atoms. The van der Waals surface area contributed by atoms with E-state index < -0.39 is 145 Å². The molecule has 8 fully saturated rings. The van der Waals surface area contributed by atoms with Gasteiger partial charge >= 0.3 is 11.9 Å². The van der Waals surface area contributed by atoms with Crippen LogP contribution in [0.1, 0.15) is 107 Å². The number of methoxy groups -OCH3 is 2. The van der Waals surface area contributed by atoms with Gasteiger partial charge in [-0.1, -0.05) is 19.9 Å². The monoisotopic (exact) mass is 954 g/mol. The minimum absolute atomic E-state index is 0.00581. The Labute approximate surface area is 392 Å². The maximum Gasteiger partial charge on any atom is 0.333 e. The molecule has 4 aliphatic heterocycles. The summed E-state index contributed by atoms with van der Waals surface area (Å²) in [6, 6.07) is 0. The molecule has 4 saturated heterocycles. The zero-order valence-corrected chi connectivity index (χ0v) is 40.4. The minimum atomic E-state index is -1.67. The summed E-state index contributed by atoms with van der Waals surface area (Å²) in [4.78, 5) is 40.1. The Morgan fingerprint density at radius 2 is 1.42 bits per heavy atom. The van der Waals surface area contributed by atoms with Crippen molar-refractivity contribution < 1.29 is 92.0 Å². The number of ether oxygens (including phenoxy) is 11. The number of esters is 2. The molecule has 380 valence electrons. The van der Waals surface area contributed by atoms with Crippen molar-refractivity contribution in [3.63, 3.8) is 0 Å². The first-order chi connectivity index (χ1) is 31.7. The molecular formula is C48H74O19. The van der Waals surface area contributed by atoms with Crippen molar-refractivity contribution in [1.82, 2.24) is 0 Å². The first kappa shape index (κ1) is 51.2. The number of hydrogen-bond acceptors (Lipinski definition) is 19. The van der Waals surface area contributed by atoms with Crippen LogP contribution < -0.4 is 0 Å². The van der Waals surface area contributed by atoms with Gasteiger partial charge in [-0.3, -0.25) is 9.59 Å². The molecule has 8 rings (SSSR count). The highest BCUT2D eigenvalue weighted by atomic mass is 16.8. The van der Waals surface area contributed by atoms with Crippen LogP contribution >= 0.6 is 0 Å². The zero-order chi connectivity index (χ0) is 48.7. The second-order valence-electron chi connectivity index (χ2n) is 21.0. The topological polar surface area (TPSA) is 257 Å². The fourth-order valence-electron chi connectivity index (χ4n) is 14.1. The Bertz CT molecular complexity index is 1860. The molecule has 4 saturated carbocycles. The summed E-state index contributed by atoms with van der Waals surface area (Å²) in [5.74, 6) is -1.60.